The molecule has 0 bridgehead atoms. The van der Waals surface area contributed by atoms with Gasteiger partial charge in [-0.25, -0.2) is 4.98 Å². The summed E-state index contributed by atoms with van der Waals surface area (Å²) in [6.45, 7) is 4.57. The molecule has 0 aliphatic carbocycles. The van der Waals surface area contributed by atoms with Crippen LogP contribution >= 0.6 is 15.9 Å². The molecule has 0 unspecified atom stereocenters. The largest absolute Gasteiger partial charge is 0.354 e. The van der Waals surface area contributed by atoms with Gasteiger partial charge in [-0.05, 0) is 29.8 Å². The van der Waals surface area contributed by atoms with Gasteiger partial charge in [-0.15, -0.1) is 0 Å². The van der Waals surface area contributed by atoms with E-state index in [4.69, 9.17) is 0 Å². The molecular formula is C20H20BrN3O2. The Kier molecular flexibility index (Phi) is 5.23. The molecule has 3 aromatic rings. The number of hydrogen-bond donors (Lipinski definition) is 1. The van der Waals surface area contributed by atoms with Crippen LogP contribution in [-0.4, -0.2) is 22.0 Å². The molecule has 0 fully saturated rings. The molecule has 6 heteroatoms. The second-order valence-corrected chi connectivity index (χ2v) is 7.78. The second-order valence-electron chi connectivity index (χ2n) is 6.86. The highest BCUT2D eigenvalue weighted by Crippen LogP contribution is 2.24. The minimum atomic E-state index is -0.219. The lowest BCUT2D eigenvalue weighted by Crippen LogP contribution is -2.39. The summed E-state index contributed by atoms with van der Waals surface area (Å²) in [5.41, 5.74) is 1.33. The lowest BCUT2D eigenvalue weighted by Gasteiger charge is -2.25. The number of para-hydroxylation sites is 1. The van der Waals surface area contributed by atoms with Crippen molar-refractivity contribution in [3.63, 3.8) is 0 Å². The van der Waals surface area contributed by atoms with E-state index in [0.29, 0.717) is 17.4 Å². The van der Waals surface area contributed by atoms with Crippen molar-refractivity contribution in [3.05, 3.63) is 75.2 Å². The van der Waals surface area contributed by atoms with E-state index in [1.54, 1.807) is 18.2 Å². The number of aromatic nitrogens is 2. The highest BCUT2D eigenvalue weighted by molar-refractivity contribution is 9.10. The minimum absolute atomic E-state index is 0.0485. The maximum Gasteiger partial charge on any atom is 0.261 e. The van der Waals surface area contributed by atoms with E-state index in [1.807, 2.05) is 30.3 Å². The van der Waals surface area contributed by atoms with Crippen molar-refractivity contribution in [2.75, 3.05) is 6.54 Å². The first-order chi connectivity index (χ1) is 12.4. The van der Waals surface area contributed by atoms with Gasteiger partial charge in [-0.2, -0.15) is 0 Å². The van der Waals surface area contributed by atoms with Crippen LogP contribution < -0.4 is 10.9 Å². The van der Waals surface area contributed by atoms with Gasteiger partial charge in [-0.3, -0.25) is 14.2 Å². The van der Waals surface area contributed by atoms with Crippen molar-refractivity contribution in [2.24, 2.45) is 0 Å². The molecule has 0 aliphatic heterocycles. The van der Waals surface area contributed by atoms with Crippen molar-refractivity contribution in [1.29, 1.82) is 0 Å². The quantitative estimate of drug-likeness (QED) is 0.697. The van der Waals surface area contributed by atoms with Crippen LogP contribution in [0.25, 0.3) is 10.9 Å². The smallest absolute Gasteiger partial charge is 0.261 e. The van der Waals surface area contributed by atoms with Crippen LogP contribution in [0.1, 0.15) is 19.4 Å². The SMILES string of the molecule is CC(C)(CNC(=O)Cn1cnc2ccccc2c1=O)c1ccc(Br)cc1. The fourth-order valence-electron chi connectivity index (χ4n) is 2.75. The third-order valence-electron chi connectivity index (χ3n) is 4.40. The lowest BCUT2D eigenvalue weighted by atomic mass is 9.84. The average molecular weight is 414 g/mol. The van der Waals surface area contributed by atoms with Gasteiger partial charge < -0.3 is 5.32 Å². The maximum atomic E-state index is 12.5. The molecule has 0 saturated heterocycles. The van der Waals surface area contributed by atoms with Gasteiger partial charge in [-0.1, -0.05) is 54.0 Å². The Morgan fingerprint density at radius 3 is 2.58 bits per heavy atom. The summed E-state index contributed by atoms with van der Waals surface area (Å²) in [6.07, 6.45) is 1.42. The predicted molar refractivity (Wildman–Crippen MR) is 106 cm³/mol. The summed E-state index contributed by atoms with van der Waals surface area (Å²) in [6, 6.07) is 15.2. The molecule has 1 aromatic heterocycles. The molecule has 0 atom stereocenters. The van der Waals surface area contributed by atoms with Crippen LogP contribution in [0.5, 0.6) is 0 Å². The van der Waals surface area contributed by atoms with Crippen LogP contribution in [-0.2, 0) is 16.8 Å². The van der Waals surface area contributed by atoms with Gasteiger partial charge in [0.25, 0.3) is 5.56 Å². The number of fused-ring (bicyclic) bond motifs is 1. The van der Waals surface area contributed by atoms with Crippen molar-refractivity contribution >= 4 is 32.7 Å². The number of hydrogen-bond acceptors (Lipinski definition) is 3. The molecule has 0 spiro atoms. The first-order valence-electron chi connectivity index (χ1n) is 8.34. The van der Waals surface area contributed by atoms with E-state index in [2.05, 4.69) is 40.1 Å². The summed E-state index contributed by atoms with van der Waals surface area (Å²) in [7, 11) is 0. The summed E-state index contributed by atoms with van der Waals surface area (Å²) < 4.78 is 2.36. The zero-order valence-electron chi connectivity index (χ0n) is 14.7. The van der Waals surface area contributed by atoms with Gasteiger partial charge in [0.1, 0.15) is 6.54 Å². The van der Waals surface area contributed by atoms with E-state index in [-0.39, 0.29) is 23.4 Å². The molecule has 5 nitrogen and oxygen atoms in total. The van der Waals surface area contributed by atoms with Gasteiger partial charge in [0.15, 0.2) is 0 Å². The molecule has 0 saturated carbocycles. The van der Waals surface area contributed by atoms with E-state index < -0.39 is 0 Å². The lowest BCUT2D eigenvalue weighted by molar-refractivity contribution is -0.121. The zero-order chi connectivity index (χ0) is 18.7. The monoisotopic (exact) mass is 413 g/mol. The van der Waals surface area contributed by atoms with Crippen molar-refractivity contribution < 1.29 is 4.79 Å². The van der Waals surface area contributed by atoms with E-state index in [9.17, 15) is 9.59 Å². The molecular weight excluding hydrogens is 394 g/mol. The number of halogens is 1. The third-order valence-corrected chi connectivity index (χ3v) is 4.93. The number of nitrogens with one attached hydrogen (secondary N) is 1. The van der Waals surface area contributed by atoms with Gasteiger partial charge in [0.2, 0.25) is 5.91 Å². The van der Waals surface area contributed by atoms with Crippen LogP contribution in [0, 0.1) is 0 Å². The van der Waals surface area contributed by atoms with Crippen LogP contribution in [0.3, 0.4) is 0 Å². The Labute approximate surface area is 160 Å². The number of amides is 1. The molecule has 2 aromatic carbocycles. The van der Waals surface area contributed by atoms with E-state index in [0.717, 1.165) is 10.0 Å². The molecule has 3 rings (SSSR count). The normalized spacial score (nSPS) is 11.5. The van der Waals surface area contributed by atoms with Gasteiger partial charge in [0.05, 0.1) is 17.2 Å². The molecule has 134 valence electrons. The minimum Gasteiger partial charge on any atom is -0.354 e. The summed E-state index contributed by atoms with van der Waals surface area (Å²) in [5.74, 6) is -0.214. The number of rotatable bonds is 5. The topological polar surface area (TPSA) is 64.0 Å². The third kappa shape index (κ3) is 4.02. The van der Waals surface area contributed by atoms with Gasteiger partial charge in [0, 0.05) is 16.4 Å². The van der Waals surface area contributed by atoms with Crippen LogP contribution in [0.4, 0.5) is 0 Å². The Morgan fingerprint density at radius 1 is 1.15 bits per heavy atom. The molecule has 1 heterocycles. The molecule has 1 amide bonds. The summed E-state index contributed by atoms with van der Waals surface area (Å²) >= 11 is 3.43. The fraction of sp³-hybridized carbons (Fsp3) is 0.250. The zero-order valence-corrected chi connectivity index (χ0v) is 16.3. The summed E-state index contributed by atoms with van der Waals surface area (Å²) in [4.78, 5) is 29.0. The highest BCUT2D eigenvalue weighted by Gasteiger charge is 2.21. The molecule has 0 radical (unpaired) electrons. The van der Waals surface area contributed by atoms with E-state index >= 15 is 0 Å². The molecule has 1 N–H and O–H groups in total. The Hall–Kier alpha value is -2.47. The standard InChI is InChI=1S/C20H20BrN3O2/c1-20(2,14-7-9-15(21)10-8-14)12-22-18(25)11-24-13-23-17-6-4-3-5-16(17)19(24)26/h3-10,13H,11-12H2,1-2H3,(H,22,25). The molecule has 26 heavy (non-hydrogen) atoms. The maximum absolute atomic E-state index is 12.5. The fourth-order valence-corrected chi connectivity index (χ4v) is 3.02. The highest BCUT2D eigenvalue weighted by atomic mass is 79.9. The molecule has 0 aliphatic rings. The summed E-state index contributed by atoms with van der Waals surface area (Å²) in [5, 5.41) is 3.43. The number of benzene rings is 2. The van der Waals surface area contributed by atoms with Crippen molar-refractivity contribution in [3.8, 4) is 0 Å². The average Bonchev–Trinajstić information content (AvgIpc) is 2.63. The Balaban J connectivity index is 1.68. The van der Waals surface area contributed by atoms with Crippen LogP contribution in [0.15, 0.2) is 64.1 Å². The van der Waals surface area contributed by atoms with Crippen LogP contribution in [0.2, 0.25) is 0 Å². The first kappa shape index (κ1) is 18.3. The first-order valence-corrected chi connectivity index (χ1v) is 9.13. The Bertz CT molecular complexity index is 994. The Morgan fingerprint density at radius 2 is 1.85 bits per heavy atom. The van der Waals surface area contributed by atoms with Crippen molar-refractivity contribution in [1.82, 2.24) is 14.9 Å². The number of nitrogens with zero attached hydrogens (tertiary/aromatic N) is 2. The van der Waals surface area contributed by atoms with Gasteiger partial charge >= 0.3 is 0 Å². The van der Waals surface area contributed by atoms with E-state index in [1.165, 1.54) is 10.9 Å². The predicted octanol–water partition coefficient (Wildman–Crippen LogP) is 3.25. The second kappa shape index (κ2) is 7.41. The van der Waals surface area contributed by atoms with Crippen molar-refractivity contribution in [2.45, 2.75) is 25.8 Å². The number of carbonyl (C=O) groups excluding carboxylic acids is 1. The number of carbonyl (C=O) groups is 1.